The van der Waals surface area contributed by atoms with E-state index in [2.05, 4.69) is 15.2 Å². The van der Waals surface area contributed by atoms with Gasteiger partial charge in [0.05, 0.1) is 29.7 Å². The molecule has 0 bridgehead atoms. The standard InChI is InChI=1S/C17H18FN5O2/c1-4-15-14(9-19-23(15)13-7-5-12(18)6-8-13)17(24)22(3)10-16-20-11(2)25-21-16/h5-9H,4,10H2,1-3H3. The summed E-state index contributed by atoms with van der Waals surface area (Å²) in [5.41, 5.74) is 1.95. The van der Waals surface area contributed by atoms with Gasteiger partial charge in [-0.05, 0) is 30.7 Å². The molecule has 25 heavy (non-hydrogen) atoms. The van der Waals surface area contributed by atoms with Crippen molar-refractivity contribution >= 4 is 5.91 Å². The Morgan fingerprint density at radius 3 is 2.64 bits per heavy atom. The lowest BCUT2D eigenvalue weighted by Crippen LogP contribution is -2.27. The molecule has 0 fully saturated rings. The van der Waals surface area contributed by atoms with Crippen LogP contribution in [0.25, 0.3) is 5.69 Å². The van der Waals surface area contributed by atoms with Gasteiger partial charge in [0, 0.05) is 14.0 Å². The van der Waals surface area contributed by atoms with Crippen LogP contribution in [0.2, 0.25) is 0 Å². The van der Waals surface area contributed by atoms with Crippen LogP contribution >= 0.6 is 0 Å². The topological polar surface area (TPSA) is 77.1 Å². The highest BCUT2D eigenvalue weighted by atomic mass is 19.1. The zero-order chi connectivity index (χ0) is 18.0. The van der Waals surface area contributed by atoms with Gasteiger partial charge in [0.1, 0.15) is 5.82 Å². The van der Waals surface area contributed by atoms with Crippen LogP contribution in [0.4, 0.5) is 4.39 Å². The Bertz CT molecular complexity index is 885. The molecule has 0 spiro atoms. The van der Waals surface area contributed by atoms with Crippen molar-refractivity contribution in [1.82, 2.24) is 24.8 Å². The number of halogens is 1. The van der Waals surface area contributed by atoms with E-state index in [0.29, 0.717) is 29.4 Å². The number of carbonyl (C=O) groups is 1. The van der Waals surface area contributed by atoms with Crippen molar-refractivity contribution in [3.05, 3.63) is 59.3 Å². The average molecular weight is 343 g/mol. The normalized spacial score (nSPS) is 10.9. The Labute approximate surface area is 144 Å². The maximum atomic E-state index is 13.1. The molecule has 2 heterocycles. The van der Waals surface area contributed by atoms with Crippen LogP contribution in [0.5, 0.6) is 0 Å². The molecule has 7 nitrogen and oxygen atoms in total. The van der Waals surface area contributed by atoms with Crippen LogP contribution in [-0.2, 0) is 13.0 Å². The van der Waals surface area contributed by atoms with Crippen LogP contribution < -0.4 is 0 Å². The molecule has 0 aliphatic carbocycles. The maximum Gasteiger partial charge on any atom is 0.257 e. The number of rotatable bonds is 5. The van der Waals surface area contributed by atoms with Crippen molar-refractivity contribution in [2.75, 3.05) is 7.05 Å². The lowest BCUT2D eigenvalue weighted by Gasteiger charge is -2.15. The fraction of sp³-hybridized carbons (Fsp3) is 0.294. The molecule has 0 aliphatic rings. The molecule has 1 aromatic carbocycles. The van der Waals surface area contributed by atoms with E-state index in [0.717, 1.165) is 5.69 Å². The third-order valence-electron chi connectivity index (χ3n) is 3.80. The van der Waals surface area contributed by atoms with Crippen molar-refractivity contribution in [3.8, 4) is 5.69 Å². The fourth-order valence-electron chi connectivity index (χ4n) is 2.59. The number of benzene rings is 1. The van der Waals surface area contributed by atoms with Gasteiger partial charge < -0.3 is 9.42 Å². The summed E-state index contributed by atoms with van der Waals surface area (Å²) in [7, 11) is 1.67. The Balaban J connectivity index is 1.86. The van der Waals surface area contributed by atoms with Gasteiger partial charge in [-0.3, -0.25) is 4.79 Å². The molecule has 0 aliphatic heterocycles. The lowest BCUT2D eigenvalue weighted by molar-refractivity contribution is 0.0779. The number of amides is 1. The molecule has 0 saturated heterocycles. The molecule has 130 valence electrons. The highest BCUT2D eigenvalue weighted by Crippen LogP contribution is 2.18. The van der Waals surface area contributed by atoms with Gasteiger partial charge in [-0.2, -0.15) is 10.1 Å². The third-order valence-corrected chi connectivity index (χ3v) is 3.80. The first-order valence-corrected chi connectivity index (χ1v) is 7.87. The Morgan fingerprint density at radius 2 is 2.04 bits per heavy atom. The molecule has 0 atom stereocenters. The summed E-state index contributed by atoms with van der Waals surface area (Å²) >= 11 is 0. The largest absolute Gasteiger partial charge is 0.340 e. The first-order valence-electron chi connectivity index (χ1n) is 7.87. The number of hydrogen-bond acceptors (Lipinski definition) is 5. The molecule has 0 unspecified atom stereocenters. The van der Waals surface area contributed by atoms with Crippen LogP contribution in [0.1, 0.15) is 34.7 Å². The van der Waals surface area contributed by atoms with E-state index in [4.69, 9.17) is 4.52 Å². The zero-order valence-corrected chi connectivity index (χ0v) is 14.2. The van der Waals surface area contributed by atoms with Crippen molar-refractivity contribution in [3.63, 3.8) is 0 Å². The predicted molar refractivity (Wildman–Crippen MR) is 87.7 cm³/mol. The molecule has 3 rings (SSSR count). The van der Waals surface area contributed by atoms with E-state index >= 15 is 0 Å². The molecule has 0 N–H and O–H groups in total. The number of aromatic nitrogens is 4. The summed E-state index contributed by atoms with van der Waals surface area (Å²) in [4.78, 5) is 18.4. The van der Waals surface area contributed by atoms with Gasteiger partial charge in [0.25, 0.3) is 5.91 Å². The molecule has 0 saturated carbocycles. The van der Waals surface area contributed by atoms with E-state index in [-0.39, 0.29) is 18.3 Å². The van der Waals surface area contributed by atoms with Gasteiger partial charge in [0.15, 0.2) is 5.82 Å². The smallest absolute Gasteiger partial charge is 0.257 e. The molecular formula is C17H18FN5O2. The van der Waals surface area contributed by atoms with Gasteiger partial charge in [0.2, 0.25) is 5.89 Å². The van der Waals surface area contributed by atoms with Crippen molar-refractivity contribution in [2.24, 2.45) is 0 Å². The van der Waals surface area contributed by atoms with Crippen LogP contribution in [0.15, 0.2) is 35.0 Å². The monoisotopic (exact) mass is 343 g/mol. The highest BCUT2D eigenvalue weighted by Gasteiger charge is 2.21. The van der Waals surface area contributed by atoms with Crippen LogP contribution in [-0.4, -0.2) is 37.8 Å². The van der Waals surface area contributed by atoms with E-state index in [1.807, 2.05) is 6.92 Å². The summed E-state index contributed by atoms with van der Waals surface area (Å²) in [5, 5.41) is 8.10. The molecule has 8 heteroatoms. The molecular weight excluding hydrogens is 325 g/mol. The van der Waals surface area contributed by atoms with Gasteiger partial charge in [-0.15, -0.1) is 0 Å². The quantitative estimate of drug-likeness (QED) is 0.711. The maximum absolute atomic E-state index is 13.1. The Kier molecular flexibility index (Phi) is 4.60. The zero-order valence-electron chi connectivity index (χ0n) is 14.2. The molecule has 1 amide bonds. The van der Waals surface area contributed by atoms with Gasteiger partial charge >= 0.3 is 0 Å². The summed E-state index contributed by atoms with van der Waals surface area (Å²) in [5.74, 6) is 0.389. The average Bonchev–Trinajstić information content (AvgIpc) is 3.20. The second-order valence-electron chi connectivity index (χ2n) is 5.64. The Hall–Kier alpha value is -3.03. The molecule has 3 aromatic rings. The number of hydrogen-bond donors (Lipinski definition) is 0. The highest BCUT2D eigenvalue weighted by molar-refractivity contribution is 5.95. The minimum Gasteiger partial charge on any atom is -0.340 e. The van der Waals surface area contributed by atoms with E-state index in [9.17, 15) is 9.18 Å². The van der Waals surface area contributed by atoms with Crippen LogP contribution in [0, 0.1) is 12.7 Å². The number of carbonyl (C=O) groups excluding carboxylic acids is 1. The predicted octanol–water partition coefficient (Wildman–Crippen LogP) is 2.54. The minimum atomic E-state index is -0.319. The number of aryl methyl sites for hydroxylation is 1. The fourth-order valence-corrected chi connectivity index (χ4v) is 2.59. The lowest BCUT2D eigenvalue weighted by atomic mass is 10.1. The first kappa shape index (κ1) is 16.8. The second kappa shape index (κ2) is 6.84. The van der Waals surface area contributed by atoms with Gasteiger partial charge in [-0.25, -0.2) is 9.07 Å². The first-order chi connectivity index (χ1) is 12.0. The summed E-state index contributed by atoms with van der Waals surface area (Å²) in [6, 6.07) is 5.98. The number of nitrogens with zero attached hydrogens (tertiary/aromatic N) is 5. The van der Waals surface area contributed by atoms with Crippen molar-refractivity contribution in [1.29, 1.82) is 0 Å². The van der Waals surface area contributed by atoms with E-state index in [1.165, 1.54) is 23.2 Å². The summed E-state index contributed by atoms with van der Waals surface area (Å²) in [6.45, 7) is 3.87. The van der Waals surface area contributed by atoms with Crippen molar-refractivity contribution in [2.45, 2.75) is 26.8 Å². The van der Waals surface area contributed by atoms with Crippen LogP contribution in [0.3, 0.4) is 0 Å². The molecule has 2 aromatic heterocycles. The SMILES string of the molecule is CCc1c(C(=O)N(C)Cc2noc(C)n2)cnn1-c1ccc(F)cc1. The minimum absolute atomic E-state index is 0.187. The van der Waals surface area contributed by atoms with E-state index in [1.54, 1.807) is 30.8 Å². The third kappa shape index (κ3) is 3.42. The summed E-state index contributed by atoms with van der Waals surface area (Å²) in [6.07, 6.45) is 2.14. The van der Waals surface area contributed by atoms with Crippen molar-refractivity contribution < 1.29 is 13.7 Å². The second-order valence-corrected chi connectivity index (χ2v) is 5.64. The summed E-state index contributed by atoms with van der Waals surface area (Å²) < 4.78 is 19.7. The molecule has 0 radical (unpaired) electrons. The Morgan fingerprint density at radius 1 is 1.32 bits per heavy atom. The van der Waals surface area contributed by atoms with E-state index < -0.39 is 0 Å². The van der Waals surface area contributed by atoms with Gasteiger partial charge in [-0.1, -0.05) is 12.1 Å².